The van der Waals surface area contributed by atoms with Crippen LogP contribution in [0.4, 0.5) is 0 Å². The van der Waals surface area contributed by atoms with Crippen molar-refractivity contribution in [2.75, 3.05) is 19.6 Å². The molecule has 0 radical (unpaired) electrons. The van der Waals surface area contributed by atoms with Crippen LogP contribution >= 0.6 is 0 Å². The lowest BCUT2D eigenvalue weighted by Crippen LogP contribution is -2.38. The van der Waals surface area contributed by atoms with Crippen molar-refractivity contribution < 1.29 is 4.79 Å². The molecule has 2 aliphatic heterocycles. The van der Waals surface area contributed by atoms with E-state index >= 15 is 0 Å². The summed E-state index contributed by atoms with van der Waals surface area (Å²) in [6, 6.07) is 5.92. The normalized spacial score (nSPS) is 21.5. The minimum absolute atomic E-state index is 0.0695. The zero-order valence-corrected chi connectivity index (χ0v) is 14.5. The number of carbonyl (C=O) groups excluding carboxylic acids is 1. The molecular weight excluding hydrogens is 314 g/mol. The first-order chi connectivity index (χ1) is 12.3. The van der Waals surface area contributed by atoms with Crippen LogP contribution in [0.2, 0.25) is 0 Å². The summed E-state index contributed by atoms with van der Waals surface area (Å²) in [6.07, 6.45) is 6.54. The Bertz CT molecular complexity index is 703. The zero-order valence-electron chi connectivity index (χ0n) is 14.5. The summed E-state index contributed by atoms with van der Waals surface area (Å²) in [7, 11) is 0. The van der Waals surface area contributed by atoms with Crippen molar-refractivity contribution in [3.8, 4) is 0 Å². The Morgan fingerprint density at radius 3 is 3.16 bits per heavy atom. The lowest BCUT2D eigenvalue weighted by Gasteiger charge is -2.31. The second kappa shape index (κ2) is 7.45. The van der Waals surface area contributed by atoms with Gasteiger partial charge in [-0.1, -0.05) is 0 Å². The molecule has 1 saturated heterocycles. The average Bonchev–Trinajstić information content (AvgIpc) is 2.90. The van der Waals surface area contributed by atoms with E-state index in [1.54, 1.807) is 12.4 Å². The van der Waals surface area contributed by atoms with E-state index in [1.165, 1.54) is 5.69 Å². The largest absolute Gasteiger partial charge is 0.311 e. The summed E-state index contributed by atoms with van der Waals surface area (Å²) in [5.41, 5.74) is 3.12. The van der Waals surface area contributed by atoms with Gasteiger partial charge in [-0.3, -0.25) is 19.4 Å². The first kappa shape index (κ1) is 16.4. The monoisotopic (exact) mass is 339 g/mol. The van der Waals surface area contributed by atoms with Crippen molar-refractivity contribution in [2.45, 2.75) is 38.9 Å². The quantitative estimate of drug-likeness (QED) is 0.862. The van der Waals surface area contributed by atoms with E-state index in [0.717, 1.165) is 69.8 Å². The summed E-state index contributed by atoms with van der Waals surface area (Å²) in [5.74, 6) is 0.294. The molecule has 0 amide bonds. The van der Waals surface area contributed by atoms with E-state index in [4.69, 9.17) is 5.10 Å². The summed E-state index contributed by atoms with van der Waals surface area (Å²) in [5, 5.41) is 8.21. The molecule has 1 unspecified atom stereocenters. The van der Waals surface area contributed by atoms with Crippen LogP contribution in [-0.4, -0.2) is 45.1 Å². The van der Waals surface area contributed by atoms with Crippen molar-refractivity contribution >= 4 is 5.78 Å². The maximum absolute atomic E-state index is 12.7. The number of carbonyl (C=O) groups is 1. The smallest absolute Gasteiger partial charge is 0.168 e. The number of hydrogen-bond acceptors (Lipinski definition) is 5. The van der Waals surface area contributed by atoms with E-state index in [1.807, 2.05) is 12.1 Å². The lowest BCUT2D eigenvalue weighted by molar-refractivity contribution is 0.0809. The highest BCUT2D eigenvalue weighted by Crippen LogP contribution is 2.22. The summed E-state index contributed by atoms with van der Waals surface area (Å²) in [6.45, 7) is 5.63. The Morgan fingerprint density at radius 2 is 2.28 bits per heavy atom. The highest BCUT2D eigenvalue weighted by atomic mass is 16.1. The van der Waals surface area contributed by atoms with E-state index < -0.39 is 0 Å². The van der Waals surface area contributed by atoms with Gasteiger partial charge in [-0.15, -0.1) is 0 Å². The van der Waals surface area contributed by atoms with Crippen molar-refractivity contribution in [3.63, 3.8) is 0 Å². The van der Waals surface area contributed by atoms with Gasteiger partial charge in [-0.05, 0) is 50.6 Å². The SMILES string of the molecule is O=C(c1cccnc1)C1CCCN(Cc2cc3n(n2)CCCNC3)C1. The number of Topliss-reactive ketones (excluding diaryl/α,β-unsaturated/α-hetero) is 1. The van der Waals surface area contributed by atoms with Gasteiger partial charge in [0, 0.05) is 50.1 Å². The average molecular weight is 339 g/mol. The molecule has 6 nitrogen and oxygen atoms in total. The summed E-state index contributed by atoms with van der Waals surface area (Å²) >= 11 is 0. The fourth-order valence-electron chi connectivity index (χ4n) is 3.88. The molecule has 0 spiro atoms. The van der Waals surface area contributed by atoms with Crippen LogP contribution in [-0.2, 0) is 19.6 Å². The van der Waals surface area contributed by atoms with Crippen molar-refractivity contribution in [1.82, 2.24) is 25.0 Å². The van der Waals surface area contributed by atoms with Gasteiger partial charge in [0.1, 0.15) is 0 Å². The predicted molar refractivity (Wildman–Crippen MR) is 95.1 cm³/mol. The van der Waals surface area contributed by atoms with Crippen molar-refractivity contribution in [1.29, 1.82) is 0 Å². The van der Waals surface area contributed by atoms with Gasteiger partial charge in [0.2, 0.25) is 0 Å². The minimum Gasteiger partial charge on any atom is -0.311 e. The highest BCUT2D eigenvalue weighted by Gasteiger charge is 2.27. The highest BCUT2D eigenvalue weighted by molar-refractivity contribution is 5.97. The number of nitrogens with zero attached hydrogens (tertiary/aromatic N) is 4. The molecule has 0 saturated carbocycles. The first-order valence-corrected chi connectivity index (χ1v) is 9.22. The molecule has 0 bridgehead atoms. The molecule has 25 heavy (non-hydrogen) atoms. The van der Waals surface area contributed by atoms with E-state index in [2.05, 4.69) is 25.9 Å². The second-order valence-corrected chi connectivity index (χ2v) is 7.06. The van der Waals surface area contributed by atoms with Gasteiger partial charge >= 0.3 is 0 Å². The Morgan fingerprint density at radius 1 is 1.32 bits per heavy atom. The number of ketones is 1. The van der Waals surface area contributed by atoms with Crippen LogP contribution in [0.3, 0.4) is 0 Å². The number of aryl methyl sites for hydroxylation is 1. The first-order valence-electron chi connectivity index (χ1n) is 9.22. The number of rotatable bonds is 4. The molecule has 6 heteroatoms. The molecule has 4 rings (SSSR count). The maximum atomic E-state index is 12.7. The Balaban J connectivity index is 1.41. The second-order valence-electron chi connectivity index (χ2n) is 7.06. The van der Waals surface area contributed by atoms with Gasteiger partial charge in [-0.2, -0.15) is 5.10 Å². The number of nitrogens with one attached hydrogen (secondary N) is 1. The number of likely N-dealkylation sites (tertiary alicyclic amines) is 1. The van der Waals surface area contributed by atoms with E-state index in [-0.39, 0.29) is 11.7 Å². The fourth-order valence-corrected chi connectivity index (χ4v) is 3.88. The molecule has 2 aliphatic rings. The molecule has 4 heterocycles. The maximum Gasteiger partial charge on any atom is 0.168 e. The number of hydrogen-bond donors (Lipinski definition) is 1. The van der Waals surface area contributed by atoms with Crippen LogP contribution < -0.4 is 5.32 Å². The Hall–Kier alpha value is -2.05. The predicted octanol–water partition coefficient (Wildman–Crippen LogP) is 1.87. The molecule has 1 fully saturated rings. The third-order valence-electron chi connectivity index (χ3n) is 5.15. The molecule has 2 aromatic heterocycles. The standard InChI is InChI=1S/C19H25N5O/c25-19(15-4-1-6-20-11-15)16-5-2-8-23(13-16)14-17-10-18-12-21-7-3-9-24(18)22-17/h1,4,6,10-11,16,21H,2-3,5,7-9,12-14H2. The number of piperidine rings is 1. The summed E-state index contributed by atoms with van der Waals surface area (Å²) < 4.78 is 2.14. The minimum atomic E-state index is 0.0695. The van der Waals surface area contributed by atoms with Crippen molar-refractivity contribution in [2.24, 2.45) is 5.92 Å². The lowest BCUT2D eigenvalue weighted by atomic mass is 9.90. The molecule has 2 aromatic rings. The third kappa shape index (κ3) is 3.80. The topological polar surface area (TPSA) is 63.1 Å². The Labute approximate surface area is 148 Å². The molecule has 0 aromatic carbocycles. The molecule has 1 N–H and O–H groups in total. The molecular formula is C19H25N5O. The van der Waals surface area contributed by atoms with Crippen LogP contribution in [0.25, 0.3) is 0 Å². The van der Waals surface area contributed by atoms with Gasteiger partial charge in [0.25, 0.3) is 0 Å². The van der Waals surface area contributed by atoms with Crippen LogP contribution in [0, 0.1) is 5.92 Å². The van der Waals surface area contributed by atoms with Gasteiger partial charge < -0.3 is 5.32 Å². The van der Waals surface area contributed by atoms with Crippen molar-refractivity contribution in [3.05, 3.63) is 47.5 Å². The number of aromatic nitrogens is 3. The van der Waals surface area contributed by atoms with E-state index in [0.29, 0.717) is 0 Å². The molecule has 132 valence electrons. The van der Waals surface area contributed by atoms with Gasteiger partial charge in [-0.25, -0.2) is 0 Å². The summed E-state index contributed by atoms with van der Waals surface area (Å²) in [4.78, 5) is 19.2. The zero-order chi connectivity index (χ0) is 17.1. The fraction of sp³-hybridized carbons (Fsp3) is 0.526. The number of pyridine rings is 1. The van der Waals surface area contributed by atoms with Gasteiger partial charge in [0.05, 0.1) is 11.4 Å². The van der Waals surface area contributed by atoms with Crippen LogP contribution in [0.1, 0.15) is 41.0 Å². The third-order valence-corrected chi connectivity index (χ3v) is 5.15. The molecule has 1 atom stereocenters. The Kier molecular flexibility index (Phi) is 4.90. The van der Waals surface area contributed by atoms with Crippen LogP contribution in [0.15, 0.2) is 30.6 Å². The molecule has 0 aliphatic carbocycles. The van der Waals surface area contributed by atoms with E-state index in [9.17, 15) is 4.79 Å². The van der Waals surface area contributed by atoms with Gasteiger partial charge in [0.15, 0.2) is 5.78 Å². The number of fused-ring (bicyclic) bond motifs is 1. The van der Waals surface area contributed by atoms with Crippen LogP contribution in [0.5, 0.6) is 0 Å².